The fourth-order valence-electron chi connectivity index (χ4n) is 3.78. The number of nitrogen functional groups attached to an aromatic ring is 1. The Morgan fingerprint density at radius 1 is 1.29 bits per heavy atom. The van der Waals surface area contributed by atoms with Crippen LogP contribution in [0.4, 0.5) is 14.6 Å². The van der Waals surface area contributed by atoms with Crippen molar-refractivity contribution in [1.82, 2.24) is 24.6 Å². The summed E-state index contributed by atoms with van der Waals surface area (Å²) in [6.45, 7) is 4.39. The topological polar surface area (TPSA) is 108 Å². The van der Waals surface area contributed by atoms with Crippen molar-refractivity contribution in [3.8, 4) is 23.6 Å². The first-order chi connectivity index (χ1) is 16.3. The highest BCUT2D eigenvalue weighted by molar-refractivity contribution is 6.35. The summed E-state index contributed by atoms with van der Waals surface area (Å²) in [5.41, 5.74) is 6.06. The highest BCUT2D eigenvalue weighted by atomic mass is 35.5. The van der Waals surface area contributed by atoms with E-state index in [9.17, 15) is 13.6 Å². The smallest absolute Gasteiger partial charge is 0.254 e. The van der Waals surface area contributed by atoms with Crippen molar-refractivity contribution in [3.05, 3.63) is 46.8 Å². The first-order valence-corrected chi connectivity index (χ1v) is 10.4. The predicted molar refractivity (Wildman–Crippen MR) is 121 cm³/mol. The lowest BCUT2D eigenvalue weighted by molar-refractivity contribution is -0.125. The third kappa shape index (κ3) is 3.86. The normalized spacial score (nSPS) is 15.2. The number of rotatable bonds is 4. The van der Waals surface area contributed by atoms with Crippen LogP contribution < -0.4 is 15.2 Å². The standard InChI is InChI=1S/C22H19ClF2N6O3/c1-4-15(32)30-8-7-11(10-30)31-19-13(23)9-27-20(26)16(19)14(29-31)6-5-12-17(24)21(33-2)28-22(34-3)18(12)25/h4,9,11H,1,7-8,10H2,2-3H3,(H2,26,27). The van der Waals surface area contributed by atoms with E-state index in [0.29, 0.717) is 30.4 Å². The second kappa shape index (κ2) is 9.15. The largest absolute Gasteiger partial charge is 0.479 e. The number of ether oxygens (including phenoxy) is 2. The number of aromatic nitrogens is 4. The molecule has 1 atom stereocenters. The summed E-state index contributed by atoms with van der Waals surface area (Å²) in [6.07, 6.45) is 3.23. The number of anilines is 1. The summed E-state index contributed by atoms with van der Waals surface area (Å²) in [6, 6.07) is -0.226. The maximum Gasteiger partial charge on any atom is 0.254 e. The molecule has 1 amide bonds. The monoisotopic (exact) mass is 488 g/mol. The van der Waals surface area contributed by atoms with Crippen LogP contribution in [0.2, 0.25) is 5.02 Å². The Kier molecular flexibility index (Phi) is 6.26. The quantitative estimate of drug-likeness (QED) is 0.444. The molecule has 176 valence electrons. The average Bonchev–Trinajstić information content (AvgIpc) is 3.47. The minimum Gasteiger partial charge on any atom is -0.479 e. The number of carbonyl (C=O) groups is 1. The predicted octanol–water partition coefficient (Wildman–Crippen LogP) is 2.72. The number of methoxy groups -OCH3 is 2. The number of hydrogen-bond donors (Lipinski definition) is 1. The number of hydrogen-bond acceptors (Lipinski definition) is 7. The summed E-state index contributed by atoms with van der Waals surface area (Å²) >= 11 is 6.41. The molecule has 0 saturated carbocycles. The maximum atomic E-state index is 14.7. The maximum absolute atomic E-state index is 14.7. The number of fused-ring (bicyclic) bond motifs is 1. The van der Waals surface area contributed by atoms with Crippen LogP contribution in [-0.2, 0) is 4.79 Å². The molecule has 0 spiro atoms. The molecule has 1 saturated heterocycles. The number of pyridine rings is 2. The number of nitrogens with two attached hydrogens (primary N) is 1. The third-order valence-electron chi connectivity index (χ3n) is 5.42. The van der Waals surface area contributed by atoms with Crippen molar-refractivity contribution in [2.45, 2.75) is 12.5 Å². The molecule has 1 aliphatic rings. The summed E-state index contributed by atoms with van der Waals surface area (Å²) in [4.78, 5) is 21.3. The number of halogens is 3. The fourth-order valence-corrected chi connectivity index (χ4v) is 4.01. The van der Waals surface area contributed by atoms with Crippen LogP contribution in [0.25, 0.3) is 10.9 Å². The Morgan fingerprint density at radius 3 is 2.59 bits per heavy atom. The second-order valence-corrected chi connectivity index (χ2v) is 7.73. The first-order valence-electron chi connectivity index (χ1n) is 10.0. The van der Waals surface area contributed by atoms with Gasteiger partial charge in [-0.05, 0) is 18.4 Å². The zero-order valence-corrected chi connectivity index (χ0v) is 19.0. The Balaban J connectivity index is 1.86. The molecule has 0 radical (unpaired) electrons. The van der Waals surface area contributed by atoms with E-state index in [4.69, 9.17) is 26.8 Å². The number of nitrogens with zero attached hydrogens (tertiary/aromatic N) is 5. The van der Waals surface area contributed by atoms with Gasteiger partial charge in [-0.1, -0.05) is 24.1 Å². The Labute approximate surface area is 198 Å². The van der Waals surface area contributed by atoms with Gasteiger partial charge >= 0.3 is 0 Å². The van der Waals surface area contributed by atoms with Gasteiger partial charge in [-0.25, -0.2) is 4.98 Å². The van der Waals surface area contributed by atoms with Gasteiger partial charge in [-0.3, -0.25) is 9.48 Å². The molecule has 12 heteroatoms. The van der Waals surface area contributed by atoms with Crippen LogP contribution in [0.5, 0.6) is 11.8 Å². The molecule has 1 unspecified atom stereocenters. The van der Waals surface area contributed by atoms with Crippen LogP contribution in [0.3, 0.4) is 0 Å². The van der Waals surface area contributed by atoms with E-state index in [0.717, 1.165) is 0 Å². The van der Waals surface area contributed by atoms with Crippen LogP contribution >= 0.6 is 11.6 Å². The van der Waals surface area contributed by atoms with Crippen LogP contribution in [-0.4, -0.2) is 57.9 Å². The van der Waals surface area contributed by atoms with Gasteiger partial charge in [-0.2, -0.15) is 18.9 Å². The van der Waals surface area contributed by atoms with Crippen molar-refractivity contribution < 1.29 is 23.0 Å². The van der Waals surface area contributed by atoms with E-state index < -0.39 is 29.0 Å². The van der Waals surface area contributed by atoms with E-state index in [1.807, 2.05) is 0 Å². The Morgan fingerprint density at radius 2 is 1.97 bits per heavy atom. The summed E-state index contributed by atoms with van der Waals surface area (Å²) < 4.78 is 40.7. The zero-order chi connectivity index (χ0) is 24.6. The highest BCUT2D eigenvalue weighted by Crippen LogP contribution is 2.34. The molecule has 0 bridgehead atoms. The molecule has 3 aromatic rings. The van der Waals surface area contributed by atoms with Gasteiger partial charge in [0.2, 0.25) is 17.5 Å². The first kappa shape index (κ1) is 23.3. The van der Waals surface area contributed by atoms with E-state index >= 15 is 0 Å². The van der Waals surface area contributed by atoms with E-state index in [-0.39, 0.29) is 28.5 Å². The lowest BCUT2D eigenvalue weighted by Crippen LogP contribution is -2.27. The molecule has 4 heterocycles. The molecule has 9 nitrogen and oxygen atoms in total. The van der Waals surface area contributed by atoms with Crippen molar-refractivity contribution >= 4 is 34.2 Å². The minimum atomic E-state index is -1.09. The molecular formula is C22H19ClF2N6O3. The van der Waals surface area contributed by atoms with Gasteiger partial charge in [0, 0.05) is 13.1 Å². The minimum absolute atomic E-state index is 0.0952. The average molecular weight is 489 g/mol. The van der Waals surface area contributed by atoms with Gasteiger partial charge in [0.25, 0.3) is 11.8 Å². The van der Waals surface area contributed by atoms with Crippen molar-refractivity contribution in [2.24, 2.45) is 0 Å². The Hall–Kier alpha value is -3.91. The van der Waals surface area contributed by atoms with Crippen LogP contribution in [0.1, 0.15) is 23.7 Å². The highest BCUT2D eigenvalue weighted by Gasteiger charge is 2.30. The molecule has 4 rings (SSSR count). The van der Waals surface area contributed by atoms with Gasteiger partial charge in [0.15, 0.2) is 0 Å². The molecule has 0 aliphatic carbocycles. The summed E-state index contributed by atoms with van der Waals surface area (Å²) in [5, 5.41) is 5.13. The number of carbonyl (C=O) groups excluding carboxylic acids is 1. The molecular weight excluding hydrogens is 470 g/mol. The van der Waals surface area contributed by atoms with E-state index in [1.165, 1.54) is 26.5 Å². The number of likely N-dealkylation sites (tertiary alicyclic amines) is 1. The van der Waals surface area contributed by atoms with Crippen LogP contribution in [0, 0.1) is 23.5 Å². The molecule has 2 N–H and O–H groups in total. The fraction of sp³-hybridized carbons (Fsp3) is 0.273. The molecule has 34 heavy (non-hydrogen) atoms. The van der Waals surface area contributed by atoms with Gasteiger partial charge in [0.1, 0.15) is 17.1 Å². The molecule has 0 aromatic carbocycles. The summed E-state index contributed by atoms with van der Waals surface area (Å²) in [5.74, 6) is 1.89. The van der Waals surface area contributed by atoms with Gasteiger partial charge in [0.05, 0.1) is 42.4 Å². The lowest BCUT2D eigenvalue weighted by atomic mass is 10.2. The van der Waals surface area contributed by atoms with E-state index in [1.54, 1.807) is 9.58 Å². The van der Waals surface area contributed by atoms with Gasteiger partial charge in [-0.15, -0.1) is 0 Å². The van der Waals surface area contributed by atoms with Gasteiger partial charge < -0.3 is 20.1 Å². The molecule has 1 aliphatic heterocycles. The molecule has 1 fully saturated rings. The SMILES string of the molecule is C=CC(=O)N1CCC(n2nc(C#Cc3c(F)c(OC)nc(OC)c3F)c3c(N)ncc(Cl)c32)C1. The summed E-state index contributed by atoms with van der Waals surface area (Å²) in [7, 11) is 2.37. The zero-order valence-electron chi connectivity index (χ0n) is 18.2. The van der Waals surface area contributed by atoms with Crippen LogP contribution in [0.15, 0.2) is 18.9 Å². The number of amides is 1. The lowest BCUT2D eigenvalue weighted by Gasteiger charge is -2.15. The second-order valence-electron chi connectivity index (χ2n) is 7.32. The molecule has 3 aromatic heterocycles. The van der Waals surface area contributed by atoms with Crippen molar-refractivity contribution in [2.75, 3.05) is 33.0 Å². The van der Waals surface area contributed by atoms with E-state index in [2.05, 4.69) is 33.5 Å². The van der Waals surface area contributed by atoms with Crippen molar-refractivity contribution in [3.63, 3.8) is 0 Å². The van der Waals surface area contributed by atoms with Crippen molar-refractivity contribution in [1.29, 1.82) is 0 Å². The Bertz CT molecular complexity index is 1350. The third-order valence-corrected chi connectivity index (χ3v) is 5.69.